The highest BCUT2D eigenvalue weighted by molar-refractivity contribution is 5.28. The number of rotatable bonds is 6. The van der Waals surface area contributed by atoms with Gasteiger partial charge in [0.25, 0.3) is 0 Å². The lowest BCUT2D eigenvalue weighted by molar-refractivity contribution is 0.364. The molecule has 0 radical (unpaired) electrons. The second-order valence-corrected chi connectivity index (χ2v) is 5.26. The minimum atomic E-state index is 0.132. The summed E-state index contributed by atoms with van der Waals surface area (Å²) in [5, 5.41) is 7.23. The van der Waals surface area contributed by atoms with Gasteiger partial charge in [-0.3, -0.25) is 0 Å². The number of aryl methyl sites for hydroxylation is 1. The smallest absolute Gasteiger partial charge is 0.233 e. The highest BCUT2D eigenvalue weighted by atomic mass is 16.5. The molecule has 0 aliphatic carbocycles. The van der Waals surface area contributed by atoms with Gasteiger partial charge >= 0.3 is 0 Å². The Balaban J connectivity index is 2.10. The molecular formula is C16H23N3O. The molecular weight excluding hydrogens is 250 g/mol. The lowest BCUT2D eigenvalue weighted by atomic mass is 9.99. The molecule has 0 aliphatic heterocycles. The van der Waals surface area contributed by atoms with Gasteiger partial charge in [-0.05, 0) is 38.4 Å². The molecule has 0 fully saturated rings. The Hall–Kier alpha value is -1.68. The number of hydrogen-bond donors (Lipinski definition) is 1. The van der Waals surface area contributed by atoms with Crippen LogP contribution in [0.5, 0.6) is 0 Å². The highest BCUT2D eigenvalue weighted by Gasteiger charge is 2.17. The molecule has 4 heteroatoms. The van der Waals surface area contributed by atoms with Gasteiger partial charge in [0.2, 0.25) is 5.89 Å². The third-order valence-electron chi connectivity index (χ3n) is 3.72. The molecule has 0 saturated carbocycles. The first-order valence-electron chi connectivity index (χ1n) is 7.22. The van der Waals surface area contributed by atoms with Crippen LogP contribution in [0.3, 0.4) is 0 Å². The molecule has 4 nitrogen and oxygen atoms in total. The topological polar surface area (TPSA) is 51.0 Å². The predicted octanol–water partition coefficient (Wildman–Crippen LogP) is 2.93. The van der Waals surface area contributed by atoms with Crippen molar-refractivity contribution < 1.29 is 4.52 Å². The van der Waals surface area contributed by atoms with E-state index in [2.05, 4.69) is 60.5 Å². The molecule has 0 saturated heterocycles. The minimum absolute atomic E-state index is 0.132. The van der Waals surface area contributed by atoms with Crippen molar-refractivity contribution in [3.8, 4) is 0 Å². The molecule has 2 atom stereocenters. The molecule has 0 bridgehead atoms. The van der Waals surface area contributed by atoms with Crippen LogP contribution in [0.2, 0.25) is 0 Å². The highest BCUT2D eigenvalue weighted by Crippen LogP contribution is 2.23. The van der Waals surface area contributed by atoms with Crippen molar-refractivity contribution in [2.45, 2.75) is 45.6 Å². The maximum absolute atomic E-state index is 5.39. The monoisotopic (exact) mass is 273 g/mol. The van der Waals surface area contributed by atoms with E-state index >= 15 is 0 Å². The Morgan fingerprint density at radius 1 is 1.20 bits per heavy atom. The summed E-state index contributed by atoms with van der Waals surface area (Å²) < 4.78 is 5.39. The van der Waals surface area contributed by atoms with E-state index < -0.39 is 0 Å². The second kappa shape index (κ2) is 6.66. The van der Waals surface area contributed by atoms with E-state index in [1.807, 2.05) is 7.05 Å². The van der Waals surface area contributed by atoms with Crippen molar-refractivity contribution in [2.24, 2.45) is 0 Å². The van der Waals surface area contributed by atoms with Crippen molar-refractivity contribution in [3.63, 3.8) is 0 Å². The standard InChI is InChI=1S/C16H23N3O/c1-5-13-6-8-14(9-7-13)12(3)16-18-15(19-20-16)10-11(2)17-4/h6-9,11-12,17H,5,10H2,1-4H3. The van der Waals surface area contributed by atoms with E-state index in [-0.39, 0.29) is 5.92 Å². The average molecular weight is 273 g/mol. The SMILES string of the molecule is CCc1ccc(C(C)c2nc(CC(C)NC)no2)cc1. The molecule has 0 aliphatic rings. The van der Waals surface area contributed by atoms with Crippen LogP contribution in [0.15, 0.2) is 28.8 Å². The summed E-state index contributed by atoms with van der Waals surface area (Å²) in [7, 11) is 1.93. The Morgan fingerprint density at radius 2 is 1.90 bits per heavy atom. The van der Waals surface area contributed by atoms with Crippen LogP contribution < -0.4 is 5.32 Å². The zero-order chi connectivity index (χ0) is 14.5. The predicted molar refractivity (Wildman–Crippen MR) is 79.9 cm³/mol. The minimum Gasteiger partial charge on any atom is -0.339 e. The maximum Gasteiger partial charge on any atom is 0.233 e. The van der Waals surface area contributed by atoms with Gasteiger partial charge in [0.05, 0.1) is 5.92 Å². The van der Waals surface area contributed by atoms with Gasteiger partial charge in [-0.2, -0.15) is 4.98 Å². The van der Waals surface area contributed by atoms with E-state index in [4.69, 9.17) is 4.52 Å². The molecule has 0 amide bonds. The first-order valence-corrected chi connectivity index (χ1v) is 7.22. The van der Waals surface area contributed by atoms with Gasteiger partial charge in [-0.1, -0.05) is 36.3 Å². The van der Waals surface area contributed by atoms with Crippen LogP contribution in [-0.4, -0.2) is 23.2 Å². The normalized spacial score (nSPS) is 14.2. The molecule has 2 rings (SSSR count). The van der Waals surface area contributed by atoms with Gasteiger partial charge in [0, 0.05) is 12.5 Å². The fourth-order valence-corrected chi connectivity index (χ4v) is 2.09. The largest absolute Gasteiger partial charge is 0.339 e. The summed E-state index contributed by atoms with van der Waals surface area (Å²) in [6.45, 7) is 6.36. The van der Waals surface area contributed by atoms with Crippen LogP contribution in [0, 0.1) is 0 Å². The van der Waals surface area contributed by atoms with Crippen molar-refractivity contribution >= 4 is 0 Å². The number of aromatic nitrogens is 2. The average Bonchev–Trinajstić information content (AvgIpc) is 2.95. The Labute approximate surface area is 120 Å². The van der Waals surface area contributed by atoms with Crippen LogP contribution >= 0.6 is 0 Å². The van der Waals surface area contributed by atoms with Crippen LogP contribution in [0.1, 0.15) is 49.5 Å². The van der Waals surface area contributed by atoms with E-state index in [9.17, 15) is 0 Å². The van der Waals surface area contributed by atoms with Gasteiger partial charge in [0.15, 0.2) is 5.82 Å². The van der Waals surface area contributed by atoms with Crippen molar-refractivity contribution in [3.05, 3.63) is 47.1 Å². The van der Waals surface area contributed by atoms with Crippen molar-refractivity contribution in [2.75, 3.05) is 7.05 Å². The summed E-state index contributed by atoms with van der Waals surface area (Å²) in [6, 6.07) is 8.95. The van der Waals surface area contributed by atoms with Gasteiger partial charge in [-0.15, -0.1) is 0 Å². The molecule has 1 aromatic carbocycles. The summed E-state index contributed by atoms with van der Waals surface area (Å²) in [5.41, 5.74) is 2.55. The van der Waals surface area contributed by atoms with Crippen LogP contribution in [-0.2, 0) is 12.8 Å². The molecule has 1 aromatic heterocycles. The fourth-order valence-electron chi connectivity index (χ4n) is 2.09. The Morgan fingerprint density at radius 3 is 2.50 bits per heavy atom. The number of nitrogens with zero attached hydrogens (tertiary/aromatic N) is 2. The lowest BCUT2D eigenvalue weighted by Crippen LogP contribution is -2.24. The van der Waals surface area contributed by atoms with E-state index in [1.165, 1.54) is 11.1 Å². The molecule has 2 aromatic rings. The second-order valence-electron chi connectivity index (χ2n) is 5.26. The maximum atomic E-state index is 5.39. The van der Waals surface area contributed by atoms with Gasteiger partial charge in [0.1, 0.15) is 0 Å². The van der Waals surface area contributed by atoms with Crippen molar-refractivity contribution in [1.82, 2.24) is 15.5 Å². The van der Waals surface area contributed by atoms with Crippen LogP contribution in [0.4, 0.5) is 0 Å². The molecule has 1 N–H and O–H groups in total. The Kier molecular flexibility index (Phi) is 4.90. The third-order valence-corrected chi connectivity index (χ3v) is 3.72. The van der Waals surface area contributed by atoms with Gasteiger partial charge in [-0.25, -0.2) is 0 Å². The van der Waals surface area contributed by atoms with Crippen LogP contribution in [0.25, 0.3) is 0 Å². The van der Waals surface area contributed by atoms with E-state index in [1.54, 1.807) is 0 Å². The molecule has 20 heavy (non-hydrogen) atoms. The summed E-state index contributed by atoms with van der Waals surface area (Å²) >= 11 is 0. The Bertz CT molecular complexity index is 533. The molecule has 0 spiro atoms. The number of likely N-dealkylation sites (N-methyl/N-ethyl adjacent to an activating group) is 1. The quantitative estimate of drug-likeness (QED) is 0.879. The number of nitrogens with one attached hydrogen (secondary N) is 1. The fraction of sp³-hybridized carbons (Fsp3) is 0.500. The van der Waals surface area contributed by atoms with E-state index in [0.717, 1.165) is 18.7 Å². The number of benzene rings is 1. The molecule has 2 unspecified atom stereocenters. The number of hydrogen-bond acceptors (Lipinski definition) is 4. The zero-order valence-electron chi connectivity index (χ0n) is 12.7. The third kappa shape index (κ3) is 3.45. The van der Waals surface area contributed by atoms with Gasteiger partial charge < -0.3 is 9.84 Å². The molecule has 1 heterocycles. The van der Waals surface area contributed by atoms with E-state index in [0.29, 0.717) is 11.9 Å². The first kappa shape index (κ1) is 14.7. The first-order chi connectivity index (χ1) is 9.63. The zero-order valence-corrected chi connectivity index (χ0v) is 12.7. The summed E-state index contributed by atoms with van der Waals surface area (Å²) in [6.07, 6.45) is 1.84. The summed E-state index contributed by atoms with van der Waals surface area (Å²) in [4.78, 5) is 4.50. The summed E-state index contributed by atoms with van der Waals surface area (Å²) in [5.74, 6) is 1.58. The van der Waals surface area contributed by atoms with Crippen molar-refractivity contribution in [1.29, 1.82) is 0 Å². The lowest BCUT2D eigenvalue weighted by Gasteiger charge is -2.07. The molecule has 108 valence electrons.